The Morgan fingerprint density at radius 2 is 1.09 bits per heavy atom. The third-order valence-electron chi connectivity index (χ3n) is 5.47. The lowest BCUT2D eigenvalue weighted by Crippen LogP contribution is -2.53. The molecule has 0 saturated heterocycles. The fraction of sp³-hybridized carbons (Fsp3) is 0.778. The molecule has 124 valence electrons. The summed E-state index contributed by atoms with van der Waals surface area (Å²) in [6.07, 6.45) is 6.46. The molecule has 0 aromatic rings. The van der Waals surface area contributed by atoms with Gasteiger partial charge in [-0.2, -0.15) is 0 Å². The Kier molecular flexibility index (Phi) is 5.65. The topological polar surface area (TPSA) is 40.6 Å². The van der Waals surface area contributed by atoms with Crippen LogP contribution in [0.15, 0.2) is 12.2 Å². The van der Waals surface area contributed by atoms with Crippen molar-refractivity contribution < 1.29 is 9.59 Å². The van der Waals surface area contributed by atoms with E-state index in [1.807, 2.05) is 37.5 Å². The minimum Gasteiger partial charge on any atom is -0.343 e. The first kappa shape index (κ1) is 17.0. The second kappa shape index (κ2) is 7.30. The number of nitrogens with zero attached hydrogens (tertiary/aromatic N) is 2. The molecule has 3 aliphatic rings. The summed E-state index contributed by atoms with van der Waals surface area (Å²) in [4.78, 5) is 29.8. The average molecular weight is 306 g/mol. The number of carbonyl (C=O) groups is 2. The fourth-order valence-corrected chi connectivity index (χ4v) is 4.16. The van der Waals surface area contributed by atoms with Gasteiger partial charge in [0.1, 0.15) is 0 Å². The maximum absolute atomic E-state index is 13.0. The number of allylic oxidation sites excluding steroid dienone is 2. The highest BCUT2D eigenvalue weighted by atomic mass is 16.2. The van der Waals surface area contributed by atoms with Crippen LogP contribution in [0.5, 0.6) is 0 Å². The van der Waals surface area contributed by atoms with Crippen molar-refractivity contribution in [3.63, 3.8) is 0 Å². The highest BCUT2D eigenvalue weighted by Crippen LogP contribution is 2.46. The zero-order valence-electron chi connectivity index (χ0n) is 14.4. The molecule has 0 aliphatic heterocycles. The Labute approximate surface area is 134 Å². The average Bonchev–Trinajstić information content (AvgIpc) is 2.57. The van der Waals surface area contributed by atoms with Crippen LogP contribution < -0.4 is 0 Å². The maximum Gasteiger partial charge on any atom is 0.227 e. The third kappa shape index (κ3) is 2.92. The van der Waals surface area contributed by atoms with E-state index in [4.69, 9.17) is 0 Å². The van der Waals surface area contributed by atoms with Crippen molar-refractivity contribution >= 4 is 11.8 Å². The highest BCUT2D eigenvalue weighted by molar-refractivity contribution is 5.89. The van der Waals surface area contributed by atoms with Gasteiger partial charge in [-0.1, -0.05) is 12.2 Å². The van der Waals surface area contributed by atoms with Crippen LogP contribution in [-0.4, -0.2) is 47.8 Å². The summed E-state index contributed by atoms with van der Waals surface area (Å²) >= 11 is 0. The summed E-state index contributed by atoms with van der Waals surface area (Å²) in [5.41, 5.74) is 0. The zero-order valence-corrected chi connectivity index (χ0v) is 14.4. The second-order valence-electron chi connectivity index (χ2n) is 6.36. The standard InChI is InChI=1S/C18H30N2O2/c1-5-19(6-2)17(21)15-13-9-11-14(12-10-13)16(15)18(22)20(7-3)8-4/h9,11,13-16H,5-8,10,12H2,1-4H3/t13-,14-,15-,16-/m0/s1. The van der Waals surface area contributed by atoms with E-state index in [0.717, 1.165) is 39.0 Å². The lowest BCUT2D eigenvalue weighted by molar-refractivity contribution is -0.152. The molecule has 4 atom stereocenters. The van der Waals surface area contributed by atoms with E-state index >= 15 is 0 Å². The van der Waals surface area contributed by atoms with E-state index in [9.17, 15) is 9.59 Å². The Hall–Kier alpha value is -1.32. The molecule has 1 fully saturated rings. The number of fused-ring (bicyclic) bond motifs is 2. The second-order valence-corrected chi connectivity index (χ2v) is 6.36. The van der Waals surface area contributed by atoms with E-state index in [0.29, 0.717) is 0 Å². The van der Waals surface area contributed by atoms with E-state index in [1.165, 1.54) is 0 Å². The quantitative estimate of drug-likeness (QED) is 0.708. The highest BCUT2D eigenvalue weighted by Gasteiger charge is 2.49. The van der Waals surface area contributed by atoms with Gasteiger partial charge in [-0.15, -0.1) is 0 Å². The monoisotopic (exact) mass is 306 g/mol. The van der Waals surface area contributed by atoms with Crippen molar-refractivity contribution in [1.82, 2.24) is 9.80 Å². The van der Waals surface area contributed by atoms with E-state index in [2.05, 4.69) is 12.2 Å². The molecule has 0 heterocycles. The molecule has 4 nitrogen and oxygen atoms in total. The Bertz CT molecular complexity index is 398. The minimum atomic E-state index is -0.156. The first-order valence-corrected chi connectivity index (χ1v) is 8.84. The predicted molar refractivity (Wildman–Crippen MR) is 88.2 cm³/mol. The molecule has 0 N–H and O–H groups in total. The van der Waals surface area contributed by atoms with Crippen LogP contribution in [0.4, 0.5) is 0 Å². The summed E-state index contributed by atoms with van der Waals surface area (Å²) in [6.45, 7) is 10.9. The lowest BCUT2D eigenvalue weighted by Gasteiger charge is -2.46. The van der Waals surface area contributed by atoms with Crippen LogP contribution in [0.3, 0.4) is 0 Å². The van der Waals surface area contributed by atoms with Gasteiger partial charge in [-0.3, -0.25) is 9.59 Å². The van der Waals surface area contributed by atoms with Gasteiger partial charge in [-0.05, 0) is 52.4 Å². The molecule has 22 heavy (non-hydrogen) atoms. The van der Waals surface area contributed by atoms with Crippen molar-refractivity contribution in [2.75, 3.05) is 26.2 Å². The molecule has 2 amide bonds. The summed E-state index contributed by atoms with van der Waals surface area (Å²) in [7, 11) is 0. The largest absolute Gasteiger partial charge is 0.343 e. The summed E-state index contributed by atoms with van der Waals surface area (Å²) in [5.74, 6) is 0.517. The van der Waals surface area contributed by atoms with Crippen LogP contribution in [0, 0.1) is 23.7 Å². The molecule has 0 radical (unpaired) electrons. The van der Waals surface area contributed by atoms with E-state index in [-0.39, 0.29) is 35.5 Å². The van der Waals surface area contributed by atoms with Crippen LogP contribution in [0.2, 0.25) is 0 Å². The SMILES string of the molecule is CCN(CC)C(=O)[C@@H]1[C@@H](C(=O)N(CC)CC)[C@H]2C=C[C@H]1CC2. The van der Waals surface area contributed by atoms with Crippen molar-refractivity contribution in [1.29, 1.82) is 0 Å². The number of rotatable bonds is 6. The molecule has 0 unspecified atom stereocenters. The Morgan fingerprint density at radius 1 is 0.773 bits per heavy atom. The molecule has 3 rings (SSSR count). The van der Waals surface area contributed by atoms with Crippen molar-refractivity contribution in [2.45, 2.75) is 40.5 Å². The van der Waals surface area contributed by atoms with Crippen molar-refractivity contribution in [3.8, 4) is 0 Å². The molecular weight excluding hydrogens is 276 g/mol. The van der Waals surface area contributed by atoms with Gasteiger partial charge in [0, 0.05) is 26.2 Å². The maximum atomic E-state index is 13.0. The molecule has 4 heteroatoms. The fourth-order valence-electron chi connectivity index (χ4n) is 4.16. The van der Waals surface area contributed by atoms with Gasteiger partial charge in [0.25, 0.3) is 0 Å². The third-order valence-corrected chi connectivity index (χ3v) is 5.47. The van der Waals surface area contributed by atoms with Crippen LogP contribution in [-0.2, 0) is 9.59 Å². The van der Waals surface area contributed by atoms with Gasteiger partial charge in [0.2, 0.25) is 11.8 Å². The van der Waals surface area contributed by atoms with Gasteiger partial charge < -0.3 is 9.80 Å². The lowest BCUT2D eigenvalue weighted by atomic mass is 9.61. The Balaban J connectivity index is 2.30. The molecule has 0 aromatic carbocycles. The van der Waals surface area contributed by atoms with Gasteiger partial charge in [0.05, 0.1) is 11.8 Å². The molecule has 1 saturated carbocycles. The first-order valence-electron chi connectivity index (χ1n) is 8.84. The number of hydrogen-bond donors (Lipinski definition) is 0. The van der Waals surface area contributed by atoms with Crippen LogP contribution in [0.25, 0.3) is 0 Å². The van der Waals surface area contributed by atoms with Gasteiger partial charge >= 0.3 is 0 Å². The number of carbonyl (C=O) groups excluding carboxylic acids is 2. The molecule has 0 aromatic heterocycles. The predicted octanol–water partition coefficient (Wildman–Crippen LogP) is 2.55. The summed E-state index contributed by atoms with van der Waals surface area (Å²) in [5, 5.41) is 0. The van der Waals surface area contributed by atoms with Gasteiger partial charge in [-0.25, -0.2) is 0 Å². The first-order chi connectivity index (χ1) is 10.6. The Morgan fingerprint density at radius 3 is 1.32 bits per heavy atom. The number of hydrogen-bond acceptors (Lipinski definition) is 2. The minimum absolute atomic E-state index is 0.156. The normalized spacial score (nSPS) is 29.5. The smallest absolute Gasteiger partial charge is 0.227 e. The van der Waals surface area contributed by atoms with Gasteiger partial charge in [0.15, 0.2) is 0 Å². The van der Waals surface area contributed by atoms with Crippen molar-refractivity contribution in [2.24, 2.45) is 23.7 Å². The molecule has 0 spiro atoms. The summed E-state index contributed by atoms with van der Waals surface area (Å²) in [6, 6.07) is 0. The molecule has 2 bridgehead atoms. The zero-order chi connectivity index (χ0) is 16.3. The summed E-state index contributed by atoms with van der Waals surface area (Å²) < 4.78 is 0. The van der Waals surface area contributed by atoms with E-state index in [1.54, 1.807) is 0 Å². The van der Waals surface area contributed by atoms with Crippen LogP contribution >= 0.6 is 0 Å². The number of amides is 2. The molecule has 3 aliphatic carbocycles. The molecular formula is C18H30N2O2. The van der Waals surface area contributed by atoms with E-state index < -0.39 is 0 Å². The van der Waals surface area contributed by atoms with Crippen molar-refractivity contribution in [3.05, 3.63) is 12.2 Å². The van der Waals surface area contributed by atoms with Crippen LogP contribution in [0.1, 0.15) is 40.5 Å².